The Morgan fingerprint density at radius 1 is 1.25 bits per heavy atom. The number of hydrogen-bond acceptors (Lipinski definition) is 4. The number of nitrogens with zero attached hydrogens (tertiary/aromatic N) is 2. The summed E-state index contributed by atoms with van der Waals surface area (Å²) >= 11 is 11.3. The third-order valence-corrected chi connectivity index (χ3v) is 4.99. The van der Waals surface area contributed by atoms with Crippen molar-refractivity contribution in [1.29, 1.82) is 0 Å². The van der Waals surface area contributed by atoms with Crippen molar-refractivity contribution in [3.05, 3.63) is 63.9 Å². The van der Waals surface area contributed by atoms with Gasteiger partial charge in [-0.2, -0.15) is 5.10 Å². The maximum atomic E-state index is 12.7. The fourth-order valence-corrected chi connectivity index (χ4v) is 3.25. The molecule has 8 heteroatoms. The van der Waals surface area contributed by atoms with Crippen molar-refractivity contribution in [2.24, 2.45) is 0 Å². The van der Waals surface area contributed by atoms with Crippen molar-refractivity contribution in [3.63, 3.8) is 0 Å². The summed E-state index contributed by atoms with van der Waals surface area (Å²) in [4.78, 5) is 12.7. The fourth-order valence-electron chi connectivity index (χ4n) is 2.92. The largest absolute Gasteiger partial charge is 0.497 e. The van der Waals surface area contributed by atoms with Crippen LogP contribution in [0.25, 0.3) is 11.4 Å². The van der Waals surface area contributed by atoms with Crippen LogP contribution in [0.1, 0.15) is 24.9 Å². The lowest BCUT2D eigenvalue weighted by molar-refractivity contribution is -0.122. The smallest absolute Gasteiger partial charge is 0.240 e. The maximum Gasteiger partial charge on any atom is 0.240 e. The molecule has 1 aromatic heterocycles. The van der Waals surface area contributed by atoms with Gasteiger partial charge in [-0.3, -0.25) is 14.5 Å². The van der Waals surface area contributed by atoms with Gasteiger partial charge in [0.1, 0.15) is 12.3 Å². The van der Waals surface area contributed by atoms with Crippen LogP contribution in [0.2, 0.25) is 5.02 Å². The molecular weight excluding hydrogens is 396 g/mol. The number of amides is 1. The first kappa shape index (κ1) is 20.1. The van der Waals surface area contributed by atoms with Crippen LogP contribution in [0.15, 0.2) is 48.5 Å². The number of benzene rings is 2. The second-order valence-electron chi connectivity index (χ2n) is 6.25. The molecule has 0 aliphatic carbocycles. The number of carbonyl (C=O) groups is 1. The minimum atomic E-state index is -0.143. The van der Waals surface area contributed by atoms with E-state index < -0.39 is 0 Å². The number of aromatic nitrogens is 3. The van der Waals surface area contributed by atoms with E-state index in [4.69, 9.17) is 28.6 Å². The molecule has 146 valence electrons. The monoisotopic (exact) mass is 416 g/mol. The van der Waals surface area contributed by atoms with Gasteiger partial charge in [-0.05, 0) is 60.6 Å². The van der Waals surface area contributed by atoms with Crippen LogP contribution in [-0.2, 0) is 11.3 Å². The Morgan fingerprint density at radius 3 is 2.54 bits per heavy atom. The zero-order valence-electron chi connectivity index (χ0n) is 15.6. The Hall–Kier alpha value is -2.64. The van der Waals surface area contributed by atoms with Gasteiger partial charge in [-0.15, -0.1) is 0 Å². The van der Waals surface area contributed by atoms with Crippen molar-refractivity contribution in [2.45, 2.75) is 25.9 Å². The predicted octanol–water partition coefficient (Wildman–Crippen LogP) is 4.54. The Kier molecular flexibility index (Phi) is 6.49. The number of ether oxygens (including phenoxy) is 1. The summed E-state index contributed by atoms with van der Waals surface area (Å²) in [5.74, 6) is 1.23. The van der Waals surface area contributed by atoms with Crippen LogP contribution >= 0.6 is 23.8 Å². The summed E-state index contributed by atoms with van der Waals surface area (Å²) in [6, 6.07) is 14.8. The molecule has 0 aliphatic rings. The van der Waals surface area contributed by atoms with Gasteiger partial charge in [-0.25, -0.2) is 0 Å². The van der Waals surface area contributed by atoms with Gasteiger partial charge >= 0.3 is 0 Å². The van der Waals surface area contributed by atoms with Gasteiger partial charge in [0.2, 0.25) is 5.91 Å². The van der Waals surface area contributed by atoms with Gasteiger partial charge < -0.3 is 10.1 Å². The van der Waals surface area contributed by atoms with Crippen molar-refractivity contribution in [3.8, 4) is 17.1 Å². The first-order valence-electron chi connectivity index (χ1n) is 8.86. The van der Waals surface area contributed by atoms with E-state index in [1.165, 1.54) is 0 Å². The Bertz CT molecular complexity index is 996. The van der Waals surface area contributed by atoms with E-state index >= 15 is 0 Å². The third-order valence-electron chi connectivity index (χ3n) is 4.42. The topological polar surface area (TPSA) is 71.9 Å². The standard InChI is InChI=1S/C20H21ClN4O2S/c1-3-17(13-6-10-16(27-2)11-7-13)22-18(26)12-25-19(23-24-20(25)28)14-4-8-15(21)9-5-14/h4-11,17H,3,12H2,1-2H3,(H,22,26)(H,24,28). The second kappa shape index (κ2) is 9.03. The van der Waals surface area contributed by atoms with Crippen LogP contribution in [0.3, 0.4) is 0 Å². The summed E-state index contributed by atoms with van der Waals surface area (Å²) in [6.45, 7) is 2.10. The normalized spacial score (nSPS) is 11.8. The van der Waals surface area contributed by atoms with E-state index in [-0.39, 0.29) is 18.5 Å². The minimum Gasteiger partial charge on any atom is -0.497 e. The lowest BCUT2D eigenvalue weighted by Gasteiger charge is -2.18. The second-order valence-corrected chi connectivity index (χ2v) is 7.07. The average Bonchev–Trinajstić information content (AvgIpc) is 3.07. The zero-order chi connectivity index (χ0) is 20.1. The molecule has 1 unspecified atom stereocenters. The first-order valence-corrected chi connectivity index (χ1v) is 9.65. The summed E-state index contributed by atoms with van der Waals surface area (Å²) in [5.41, 5.74) is 1.84. The number of methoxy groups -OCH3 is 1. The molecule has 2 N–H and O–H groups in total. The molecule has 0 fully saturated rings. The van der Waals surface area contributed by atoms with E-state index in [1.54, 1.807) is 23.8 Å². The highest BCUT2D eigenvalue weighted by Crippen LogP contribution is 2.22. The Labute approximate surface area is 173 Å². The summed E-state index contributed by atoms with van der Waals surface area (Å²) in [7, 11) is 1.63. The van der Waals surface area contributed by atoms with E-state index in [1.807, 2.05) is 43.3 Å². The molecule has 1 atom stereocenters. The van der Waals surface area contributed by atoms with Crippen LogP contribution in [-0.4, -0.2) is 27.8 Å². The molecule has 28 heavy (non-hydrogen) atoms. The highest BCUT2D eigenvalue weighted by Gasteiger charge is 2.16. The molecule has 3 aromatic rings. The molecule has 1 amide bonds. The van der Waals surface area contributed by atoms with Gasteiger partial charge in [0, 0.05) is 10.6 Å². The van der Waals surface area contributed by atoms with E-state index in [9.17, 15) is 4.79 Å². The van der Waals surface area contributed by atoms with E-state index in [0.717, 1.165) is 23.3 Å². The van der Waals surface area contributed by atoms with Crippen LogP contribution in [0, 0.1) is 4.77 Å². The van der Waals surface area contributed by atoms with Gasteiger partial charge in [0.25, 0.3) is 0 Å². The third kappa shape index (κ3) is 4.61. The molecule has 1 heterocycles. The van der Waals surface area contributed by atoms with E-state index in [0.29, 0.717) is 15.6 Å². The molecule has 6 nitrogen and oxygen atoms in total. The zero-order valence-corrected chi connectivity index (χ0v) is 17.2. The highest BCUT2D eigenvalue weighted by atomic mass is 35.5. The number of aromatic amines is 1. The van der Waals surface area contributed by atoms with E-state index in [2.05, 4.69) is 15.5 Å². The Morgan fingerprint density at radius 2 is 1.93 bits per heavy atom. The molecule has 0 radical (unpaired) electrons. The molecular formula is C20H21ClN4O2S. The fraction of sp³-hybridized carbons (Fsp3) is 0.250. The average molecular weight is 417 g/mol. The lowest BCUT2D eigenvalue weighted by atomic mass is 10.0. The quantitative estimate of drug-likeness (QED) is 0.555. The number of hydrogen-bond donors (Lipinski definition) is 2. The molecule has 0 saturated carbocycles. The number of nitrogens with one attached hydrogen (secondary N) is 2. The minimum absolute atomic E-state index is 0.0694. The predicted molar refractivity (Wildman–Crippen MR) is 112 cm³/mol. The molecule has 2 aromatic carbocycles. The van der Waals surface area contributed by atoms with Crippen LogP contribution < -0.4 is 10.1 Å². The molecule has 0 bridgehead atoms. The first-order chi connectivity index (χ1) is 13.5. The van der Waals surface area contributed by atoms with Gasteiger partial charge in [-0.1, -0.05) is 30.7 Å². The van der Waals surface area contributed by atoms with Crippen molar-refractivity contribution in [1.82, 2.24) is 20.1 Å². The Balaban J connectivity index is 1.76. The summed E-state index contributed by atoms with van der Waals surface area (Å²) in [5, 5.41) is 10.7. The SMILES string of the molecule is CCC(NC(=O)Cn1c(-c2ccc(Cl)cc2)n[nH]c1=S)c1ccc(OC)cc1. The molecule has 0 aliphatic heterocycles. The summed E-state index contributed by atoms with van der Waals surface area (Å²) in [6.07, 6.45) is 0.763. The molecule has 3 rings (SSSR count). The maximum absolute atomic E-state index is 12.7. The number of rotatable bonds is 7. The van der Waals surface area contributed by atoms with Crippen molar-refractivity contribution < 1.29 is 9.53 Å². The van der Waals surface area contributed by atoms with Gasteiger partial charge in [0.15, 0.2) is 10.6 Å². The number of halogens is 1. The number of H-pyrrole nitrogens is 1. The van der Waals surface area contributed by atoms with Gasteiger partial charge in [0.05, 0.1) is 13.2 Å². The summed E-state index contributed by atoms with van der Waals surface area (Å²) < 4.78 is 7.25. The molecule has 0 saturated heterocycles. The molecule has 0 spiro atoms. The highest BCUT2D eigenvalue weighted by molar-refractivity contribution is 7.71. The van der Waals surface area contributed by atoms with Crippen molar-refractivity contribution in [2.75, 3.05) is 7.11 Å². The van der Waals surface area contributed by atoms with Crippen LogP contribution in [0.5, 0.6) is 5.75 Å². The van der Waals surface area contributed by atoms with Crippen LogP contribution in [0.4, 0.5) is 0 Å². The number of carbonyl (C=O) groups excluding carboxylic acids is 1. The van der Waals surface area contributed by atoms with Crippen molar-refractivity contribution >= 4 is 29.7 Å². The lowest BCUT2D eigenvalue weighted by Crippen LogP contribution is -2.31.